The highest BCUT2D eigenvalue weighted by Crippen LogP contribution is 2.25. The van der Waals surface area contributed by atoms with Crippen LogP contribution in [0.1, 0.15) is 12.5 Å². The summed E-state index contributed by atoms with van der Waals surface area (Å²) in [6.45, 7) is 1.46. The van der Waals surface area contributed by atoms with Crippen LogP contribution in [0.15, 0.2) is 39.0 Å². The number of anilines is 1. The first-order chi connectivity index (χ1) is 12.8. The van der Waals surface area contributed by atoms with Gasteiger partial charge in [-0.1, -0.05) is 12.1 Å². The molecule has 0 bridgehead atoms. The average molecular weight is 370 g/mol. The van der Waals surface area contributed by atoms with E-state index in [1.165, 1.54) is 37.7 Å². The van der Waals surface area contributed by atoms with Crippen LogP contribution in [0.3, 0.4) is 0 Å². The smallest absolute Gasteiger partial charge is 0.296 e. The van der Waals surface area contributed by atoms with E-state index in [1.54, 1.807) is 16.7 Å². The van der Waals surface area contributed by atoms with E-state index in [9.17, 15) is 18.8 Å². The van der Waals surface area contributed by atoms with Crippen LogP contribution in [-0.2, 0) is 25.4 Å². The molecular formula is C17H15FN6O3. The van der Waals surface area contributed by atoms with Crippen LogP contribution in [-0.4, -0.2) is 30.3 Å². The van der Waals surface area contributed by atoms with Crippen molar-refractivity contribution in [2.75, 3.05) is 5.01 Å². The molecule has 0 spiro atoms. The Labute approximate surface area is 151 Å². The van der Waals surface area contributed by atoms with Gasteiger partial charge >= 0.3 is 5.69 Å². The van der Waals surface area contributed by atoms with E-state index in [4.69, 9.17) is 0 Å². The SMILES string of the molecule is CC(=O)N1N=C(c2ccc(F)cc2)Cn2c1nc1c2c(=O)n(C)c(=O)n1C. The molecule has 1 aliphatic heterocycles. The number of hydrogen-bond acceptors (Lipinski definition) is 5. The third kappa shape index (κ3) is 2.40. The number of aromatic nitrogens is 4. The molecule has 0 atom stereocenters. The molecule has 4 rings (SSSR count). The van der Waals surface area contributed by atoms with Crippen LogP contribution in [0, 0.1) is 5.82 Å². The lowest BCUT2D eigenvalue weighted by molar-refractivity contribution is -0.116. The number of carbonyl (C=O) groups is 1. The third-order valence-electron chi connectivity index (χ3n) is 4.52. The average Bonchev–Trinajstić information content (AvgIpc) is 3.04. The number of aryl methyl sites for hydroxylation is 1. The van der Waals surface area contributed by atoms with E-state index in [0.29, 0.717) is 11.3 Å². The van der Waals surface area contributed by atoms with Crippen LogP contribution in [0.4, 0.5) is 10.3 Å². The van der Waals surface area contributed by atoms with Crippen molar-refractivity contribution in [2.24, 2.45) is 19.2 Å². The Hall–Kier alpha value is -3.56. The highest BCUT2D eigenvalue weighted by Gasteiger charge is 2.29. The second kappa shape index (κ2) is 5.73. The van der Waals surface area contributed by atoms with Crippen LogP contribution < -0.4 is 16.3 Å². The molecular weight excluding hydrogens is 355 g/mol. The molecule has 0 unspecified atom stereocenters. The maximum Gasteiger partial charge on any atom is 0.332 e. The highest BCUT2D eigenvalue weighted by molar-refractivity contribution is 6.05. The standard InChI is InChI=1S/C17H15FN6O3/c1-9(25)24-16-19-14-13(15(26)22(3)17(27)21(14)2)23(16)8-12(20-24)10-4-6-11(18)7-5-10/h4-7H,8H2,1-3H3. The van der Waals surface area contributed by atoms with Gasteiger partial charge in [0.2, 0.25) is 11.9 Å². The molecule has 0 fully saturated rings. The Bertz CT molecular complexity index is 1250. The van der Waals surface area contributed by atoms with Gasteiger partial charge in [-0.25, -0.2) is 9.18 Å². The van der Waals surface area contributed by atoms with Crippen molar-refractivity contribution in [3.63, 3.8) is 0 Å². The number of carbonyl (C=O) groups excluding carboxylic acids is 1. The Morgan fingerprint density at radius 3 is 2.41 bits per heavy atom. The summed E-state index contributed by atoms with van der Waals surface area (Å²) in [5.41, 5.74) is 0.396. The quantitative estimate of drug-likeness (QED) is 0.617. The van der Waals surface area contributed by atoms with Gasteiger partial charge in [-0.15, -0.1) is 0 Å². The summed E-state index contributed by atoms with van der Waals surface area (Å²) in [4.78, 5) is 41.3. The zero-order valence-electron chi connectivity index (χ0n) is 14.8. The fraction of sp³-hybridized carbons (Fsp3) is 0.235. The molecule has 0 saturated carbocycles. The molecule has 9 nitrogen and oxygen atoms in total. The number of nitrogens with zero attached hydrogens (tertiary/aromatic N) is 6. The summed E-state index contributed by atoms with van der Waals surface area (Å²) in [5, 5.41) is 5.40. The van der Waals surface area contributed by atoms with Crippen molar-refractivity contribution in [3.8, 4) is 0 Å². The van der Waals surface area contributed by atoms with Gasteiger partial charge in [0.25, 0.3) is 5.56 Å². The molecule has 0 aliphatic carbocycles. The predicted molar refractivity (Wildman–Crippen MR) is 96.3 cm³/mol. The molecule has 0 radical (unpaired) electrons. The minimum Gasteiger partial charge on any atom is -0.296 e. The van der Waals surface area contributed by atoms with Crippen molar-refractivity contribution >= 4 is 28.7 Å². The molecule has 0 saturated heterocycles. The third-order valence-corrected chi connectivity index (χ3v) is 4.52. The summed E-state index contributed by atoms with van der Waals surface area (Å²) >= 11 is 0. The van der Waals surface area contributed by atoms with E-state index >= 15 is 0 Å². The zero-order chi connectivity index (χ0) is 19.5. The van der Waals surface area contributed by atoms with Gasteiger partial charge in [-0.3, -0.25) is 23.3 Å². The molecule has 2 aromatic heterocycles. The normalized spacial score (nSPS) is 13.6. The number of benzene rings is 1. The maximum absolute atomic E-state index is 13.2. The Morgan fingerprint density at radius 2 is 1.78 bits per heavy atom. The Kier molecular flexibility index (Phi) is 3.58. The highest BCUT2D eigenvalue weighted by atomic mass is 19.1. The lowest BCUT2D eigenvalue weighted by Crippen LogP contribution is -2.38. The molecule has 10 heteroatoms. The van der Waals surface area contributed by atoms with E-state index < -0.39 is 23.0 Å². The second-order valence-corrected chi connectivity index (χ2v) is 6.26. The van der Waals surface area contributed by atoms with Crippen LogP contribution >= 0.6 is 0 Å². The lowest BCUT2D eigenvalue weighted by atomic mass is 10.1. The number of fused-ring (bicyclic) bond motifs is 3. The molecule has 27 heavy (non-hydrogen) atoms. The number of amides is 1. The van der Waals surface area contributed by atoms with Crippen molar-refractivity contribution in [1.82, 2.24) is 18.7 Å². The first-order valence-electron chi connectivity index (χ1n) is 8.10. The molecule has 1 aliphatic rings. The van der Waals surface area contributed by atoms with Gasteiger partial charge in [0, 0.05) is 21.0 Å². The van der Waals surface area contributed by atoms with E-state index in [0.717, 1.165) is 9.58 Å². The molecule has 1 aromatic carbocycles. The zero-order valence-corrected chi connectivity index (χ0v) is 14.8. The maximum atomic E-state index is 13.2. The molecule has 0 N–H and O–H groups in total. The molecule has 3 heterocycles. The van der Waals surface area contributed by atoms with Crippen molar-refractivity contribution in [3.05, 3.63) is 56.5 Å². The van der Waals surface area contributed by atoms with Gasteiger partial charge < -0.3 is 0 Å². The van der Waals surface area contributed by atoms with Crippen LogP contribution in [0.25, 0.3) is 11.2 Å². The summed E-state index contributed by atoms with van der Waals surface area (Å²) in [5.74, 6) is -0.648. The fourth-order valence-electron chi connectivity index (χ4n) is 3.10. The first-order valence-corrected chi connectivity index (χ1v) is 8.10. The number of rotatable bonds is 1. The Balaban J connectivity index is 2.01. The second-order valence-electron chi connectivity index (χ2n) is 6.26. The van der Waals surface area contributed by atoms with E-state index in [-0.39, 0.29) is 23.7 Å². The fourth-order valence-corrected chi connectivity index (χ4v) is 3.10. The largest absolute Gasteiger partial charge is 0.332 e. The molecule has 1 amide bonds. The van der Waals surface area contributed by atoms with Gasteiger partial charge in [0.15, 0.2) is 11.2 Å². The van der Waals surface area contributed by atoms with E-state index in [1.807, 2.05) is 0 Å². The summed E-state index contributed by atoms with van der Waals surface area (Å²) in [6, 6.07) is 5.68. The van der Waals surface area contributed by atoms with Gasteiger partial charge in [-0.2, -0.15) is 15.1 Å². The minimum atomic E-state index is -0.518. The van der Waals surface area contributed by atoms with E-state index in [2.05, 4.69) is 10.1 Å². The summed E-state index contributed by atoms with van der Waals surface area (Å²) in [6.07, 6.45) is 0. The van der Waals surface area contributed by atoms with Crippen LogP contribution in [0.2, 0.25) is 0 Å². The number of imidazole rings is 1. The molecule has 3 aromatic rings. The monoisotopic (exact) mass is 370 g/mol. The van der Waals surface area contributed by atoms with Crippen LogP contribution in [0.5, 0.6) is 0 Å². The number of halogens is 1. The summed E-state index contributed by atoms with van der Waals surface area (Å²) < 4.78 is 17.0. The Morgan fingerprint density at radius 1 is 1.11 bits per heavy atom. The summed E-state index contributed by atoms with van der Waals surface area (Å²) in [7, 11) is 2.88. The van der Waals surface area contributed by atoms with Crippen molar-refractivity contribution in [1.29, 1.82) is 0 Å². The predicted octanol–water partition coefficient (Wildman–Crippen LogP) is 0.344. The lowest BCUT2D eigenvalue weighted by Gasteiger charge is -2.23. The topological polar surface area (TPSA) is 94.5 Å². The van der Waals surface area contributed by atoms with Gasteiger partial charge in [0.05, 0.1) is 12.3 Å². The minimum absolute atomic E-state index is 0.148. The van der Waals surface area contributed by atoms with Gasteiger partial charge in [0.1, 0.15) is 5.82 Å². The van der Waals surface area contributed by atoms with Gasteiger partial charge in [-0.05, 0) is 17.7 Å². The number of hydrazone groups is 1. The van der Waals surface area contributed by atoms with Crippen molar-refractivity contribution in [2.45, 2.75) is 13.5 Å². The first kappa shape index (κ1) is 16.9. The van der Waals surface area contributed by atoms with Crippen molar-refractivity contribution < 1.29 is 9.18 Å². The molecule has 138 valence electrons. The number of hydrogen-bond donors (Lipinski definition) is 0.